The first-order valence-electron chi connectivity index (χ1n) is 14.5. The second-order valence-corrected chi connectivity index (χ2v) is 11.4. The van der Waals surface area contributed by atoms with E-state index in [0.29, 0.717) is 68.7 Å². The fraction of sp³-hybridized carbons (Fsp3) is 0.419. The average molecular weight is 605 g/mol. The van der Waals surface area contributed by atoms with Crippen molar-refractivity contribution >= 4 is 17.9 Å². The number of hydrogen-bond acceptors (Lipinski definition) is 8. The van der Waals surface area contributed by atoms with E-state index in [1.807, 2.05) is 6.07 Å². The molecule has 1 atom stereocenters. The summed E-state index contributed by atoms with van der Waals surface area (Å²) in [4.78, 5) is 44.6. The molecular formula is C31H37FN8O4. The Bertz CT molecular complexity index is 1510. The Balaban J connectivity index is 1.26. The second-order valence-electron chi connectivity index (χ2n) is 11.4. The lowest BCUT2D eigenvalue weighted by atomic mass is 10.1. The third-order valence-electron chi connectivity index (χ3n) is 6.89. The number of carbonyl (C=O) groups is 3. The number of pyridine rings is 1. The quantitative estimate of drug-likeness (QED) is 0.266. The zero-order valence-corrected chi connectivity index (χ0v) is 25.1. The molecule has 1 aliphatic heterocycles. The summed E-state index contributed by atoms with van der Waals surface area (Å²) in [6.45, 7) is 6.95. The highest BCUT2D eigenvalue weighted by Gasteiger charge is 2.30. The number of nitrogens with one attached hydrogen (secondary N) is 3. The minimum Gasteiger partial charge on any atom is -0.444 e. The predicted molar refractivity (Wildman–Crippen MR) is 160 cm³/mol. The van der Waals surface area contributed by atoms with Crippen molar-refractivity contribution in [2.75, 3.05) is 31.6 Å². The van der Waals surface area contributed by atoms with Crippen molar-refractivity contribution in [2.45, 2.75) is 58.1 Å². The number of carbonyl (C=O) groups excluding carboxylic acids is 3. The maximum absolute atomic E-state index is 13.4. The number of amides is 3. The van der Waals surface area contributed by atoms with E-state index in [1.165, 1.54) is 23.1 Å². The van der Waals surface area contributed by atoms with E-state index in [-0.39, 0.29) is 29.4 Å². The first kappa shape index (κ1) is 31.9. The lowest BCUT2D eigenvalue weighted by molar-refractivity contribution is -0.128. The van der Waals surface area contributed by atoms with Crippen LogP contribution < -0.4 is 16.1 Å². The van der Waals surface area contributed by atoms with Gasteiger partial charge in [0.15, 0.2) is 5.69 Å². The van der Waals surface area contributed by atoms with Crippen molar-refractivity contribution in [1.82, 2.24) is 30.4 Å². The van der Waals surface area contributed by atoms with Crippen molar-refractivity contribution in [3.8, 4) is 17.3 Å². The minimum absolute atomic E-state index is 0.0184. The summed E-state index contributed by atoms with van der Waals surface area (Å²) in [5.74, 6) is -0.606. The average Bonchev–Trinajstić information content (AvgIpc) is 3.56. The molecule has 3 N–H and O–H groups in total. The summed E-state index contributed by atoms with van der Waals surface area (Å²) < 4.78 is 18.6. The van der Waals surface area contributed by atoms with Crippen molar-refractivity contribution in [3.05, 3.63) is 71.4 Å². The first-order chi connectivity index (χ1) is 21.0. The number of likely N-dealkylation sites (tertiary alicyclic amines) is 1. The van der Waals surface area contributed by atoms with Gasteiger partial charge in [-0.05, 0) is 69.9 Å². The first-order valence-corrected chi connectivity index (χ1v) is 14.5. The standard InChI is InChI=1S/C31H37FN8O4/c1-31(2,3)44-30(43)34-13-5-15-39-24(9-11-28(39)41)19-36-29(42)22-8-10-26(35-18-22)25-20-40(38-27(25)17-33)37-14-12-21-6-4-7-23(32)16-21/h4,6-8,10,16,18,20,24,37H,5,9,11-15,19H2,1-3H3,(H,34,43)(H,36,42)/t24-/m1/s1. The third-order valence-corrected chi connectivity index (χ3v) is 6.89. The molecule has 2 aromatic heterocycles. The number of nitriles is 1. The van der Waals surface area contributed by atoms with E-state index in [2.05, 4.69) is 32.2 Å². The Kier molecular flexibility index (Phi) is 10.5. The Labute approximate surface area is 255 Å². The monoisotopic (exact) mass is 604 g/mol. The van der Waals surface area contributed by atoms with E-state index in [1.54, 1.807) is 50.1 Å². The van der Waals surface area contributed by atoms with Gasteiger partial charge in [0.1, 0.15) is 17.5 Å². The van der Waals surface area contributed by atoms with E-state index in [0.717, 1.165) is 5.56 Å². The predicted octanol–water partition coefficient (Wildman–Crippen LogP) is 3.38. The van der Waals surface area contributed by atoms with Gasteiger partial charge in [-0.15, -0.1) is 5.10 Å². The van der Waals surface area contributed by atoms with Crippen LogP contribution in [0.3, 0.4) is 0 Å². The molecule has 3 heterocycles. The molecule has 0 bridgehead atoms. The number of halogens is 1. The molecular weight excluding hydrogens is 567 g/mol. The molecule has 0 saturated carbocycles. The van der Waals surface area contributed by atoms with Crippen LogP contribution in [0.2, 0.25) is 0 Å². The largest absolute Gasteiger partial charge is 0.444 e. The van der Waals surface area contributed by atoms with Gasteiger partial charge in [-0.25, -0.2) is 9.18 Å². The molecule has 232 valence electrons. The molecule has 3 aromatic rings. The SMILES string of the molecule is CC(C)(C)OC(=O)NCCCN1C(=O)CC[C@@H]1CNC(=O)c1ccc(-c2cn(NCCc3cccc(F)c3)nc2C#N)nc1. The number of benzene rings is 1. The molecule has 12 nitrogen and oxygen atoms in total. The Hall–Kier alpha value is -4.99. The topological polar surface area (TPSA) is 154 Å². The molecule has 1 fully saturated rings. The Morgan fingerprint density at radius 3 is 2.70 bits per heavy atom. The van der Waals surface area contributed by atoms with Gasteiger partial charge in [0.25, 0.3) is 5.91 Å². The zero-order chi connectivity index (χ0) is 31.7. The van der Waals surface area contributed by atoms with Crippen molar-refractivity contribution in [1.29, 1.82) is 5.26 Å². The molecule has 0 spiro atoms. The molecule has 44 heavy (non-hydrogen) atoms. The van der Waals surface area contributed by atoms with Gasteiger partial charge >= 0.3 is 6.09 Å². The number of ether oxygens (including phenoxy) is 1. The van der Waals surface area contributed by atoms with Crippen LogP contribution in [-0.2, 0) is 16.0 Å². The molecule has 0 aliphatic carbocycles. The van der Waals surface area contributed by atoms with Crippen LogP contribution in [0.4, 0.5) is 9.18 Å². The van der Waals surface area contributed by atoms with Gasteiger partial charge in [-0.1, -0.05) is 12.1 Å². The molecule has 3 amide bonds. The van der Waals surface area contributed by atoms with E-state index < -0.39 is 11.7 Å². The molecule has 4 rings (SSSR count). The fourth-order valence-corrected chi connectivity index (χ4v) is 4.80. The highest BCUT2D eigenvalue weighted by molar-refractivity contribution is 5.94. The van der Waals surface area contributed by atoms with Crippen LogP contribution in [-0.4, -0.2) is 75.5 Å². The maximum Gasteiger partial charge on any atom is 0.407 e. The van der Waals surface area contributed by atoms with Crippen LogP contribution >= 0.6 is 0 Å². The minimum atomic E-state index is -0.582. The second kappa shape index (κ2) is 14.5. The molecule has 1 aromatic carbocycles. The molecule has 0 unspecified atom stereocenters. The highest BCUT2D eigenvalue weighted by Crippen LogP contribution is 2.21. The zero-order valence-electron chi connectivity index (χ0n) is 25.1. The van der Waals surface area contributed by atoms with Gasteiger partial charge in [-0.2, -0.15) is 10.1 Å². The van der Waals surface area contributed by atoms with E-state index >= 15 is 0 Å². The van der Waals surface area contributed by atoms with Crippen molar-refractivity contribution in [2.24, 2.45) is 0 Å². The number of hydrogen-bond donors (Lipinski definition) is 3. The molecule has 1 saturated heterocycles. The number of alkyl carbamates (subject to hydrolysis) is 1. The van der Waals surface area contributed by atoms with E-state index in [9.17, 15) is 24.0 Å². The van der Waals surface area contributed by atoms with Crippen LogP contribution in [0, 0.1) is 17.1 Å². The molecule has 1 aliphatic rings. The van der Waals surface area contributed by atoms with Gasteiger partial charge in [0, 0.05) is 44.8 Å². The third kappa shape index (κ3) is 9.00. The summed E-state index contributed by atoms with van der Waals surface area (Å²) in [6, 6.07) is 11.5. The van der Waals surface area contributed by atoms with Gasteiger partial charge in [-0.3, -0.25) is 14.6 Å². The summed E-state index contributed by atoms with van der Waals surface area (Å²) in [6.07, 6.45) is 4.74. The fourth-order valence-electron chi connectivity index (χ4n) is 4.80. The van der Waals surface area contributed by atoms with Crippen molar-refractivity contribution < 1.29 is 23.5 Å². The van der Waals surface area contributed by atoms with Crippen LogP contribution in [0.15, 0.2) is 48.8 Å². The van der Waals surface area contributed by atoms with Crippen LogP contribution in [0.1, 0.15) is 61.6 Å². The van der Waals surface area contributed by atoms with Gasteiger partial charge < -0.3 is 25.7 Å². The summed E-state index contributed by atoms with van der Waals surface area (Å²) in [7, 11) is 0. The van der Waals surface area contributed by atoms with Gasteiger partial charge in [0.05, 0.1) is 23.0 Å². The van der Waals surface area contributed by atoms with Crippen molar-refractivity contribution in [3.63, 3.8) is 0 Å². The normalized spacial score (nSPS) is 14.7. The summed E-state index contributed by atoms with van der Waals surface area (Å²) >= 11 is 0. The number of rotatable bonds is 12. The molecule has 13 heteroatoms. The number of nitrogens with zero attached hydrogens (tertiary/aromatic N) is 5. The molecule has 0 radical (unpaired) electrons. The Morgan fingerprint density at radius 1 is 1.18 bits per heavy atom. The van der Waals surface area contributed by atoms with Crippen LogP contribution in [0.25, 0.3) is 11.3 Å². The Morgan fingerprint density at radius 2 is 2.00 bits per heavy atom. The number of aromatic nitrogens is 3. The lowest BCUT2D eigenvalue weighted by Gasteiger charge is -2.25. The summed E-state index contributed by atoms with van der Waals surface area (Å²) in [5, 5.41) is 19.4. The summed E-state index contributed by atoms with van der Waals surface area (Å²) in [5.41, 5.74) is 4.81. The maximum atomic E-state index is 13.4. The van der Waals surface area contributed by atoms with Gasteiger partial charge in [0.2, 0.25) is 5.91 Å². The lowest BCUT2D eigenvalue weighted by Crippen LogP contribution is -2.43. The van der Waals surface area contributed by atoms with Crippen LogP contribution in [0.5, 0.6) is 0 Å². The van der Waals surface area contributed by atoms with E-state index in [4.69, 9.17) is 4.74 Å². The smallest absolute Gasteiger partial charge is 0.407 e. The highest BCUT2D eigenvalue weighted by atomic mass is 19.1.